The molecule has 1 aromatic carbocycles. The van der Waals surface area contributed by atoms with E-state index in [-0.39, 0.29) is 30.0 Å². The number of carbonyl (C=O) groups is 1. The van der Waals surface area contributed by atoms with Crippen LogP contribution in [0.15, 0.2) is 30.4 Å². The molecule has 0 atom stereocenters. The smallest absolute Gasteiger partial charge is 0.392 e. The summed E-state index contributed by atoms with van der Waals surface area (Å²) in [5, 5.41) is 12.5. The molecule has 1 fully saturated rings. The molecule has 2 N–H and O–H groups in total. The molecule has 0 aromatic heterocycles. The molecule has 1 aliphatic carbocycles. The number of amides is 1. The third kappa shape index (κ3) is 6.61. The second kappa shape index (κ2) is 8.96. The lowest BCUT2D eigenvalue weighted by Gasteiger charge is -2.27. The van der Waals surface area contributed by atoms with Crippen LogP contribution < -0.4 is 10.1 Å². The van der Waals surface area contributed by atoms with E-state index in [1.165, 1.54) is 19.3 Å². The van der Waals surface area contributed by atoms with E-state index in [2.05, 4.69) is 5.32 Å². The lowest BCUT2D eigenvalue weighted by atomic mass is 9.85. The van der Waals surface area contributed by atoms with Gasteiger partial charge in [0.15, 0.2) is 11.5 Å². The maximum atomic E-state index is 12.2. The van der Waals surface area contributed by atoms with Crippen LogP contribution in [0.3, 0.4) is 0 Å². The van der Waals surface area contributed by atoms with E-state index in [4.69, 9.17) is 4.74 Å². The molecule has 0 unspecified atom stereocenters. The molecule has 0 bridgehead atoms. The van der Waals surface area contributed by atoms with Crippen molar-refractivity contribution in [3.05, 3.63) is 35.9 Å². The second-order valence-corrected chi connectivity index (χ2v) is 6.61. The molecule has 0 aliphatic heterocycles. The highest BCUT2D eigenvalue weighted by Gasteiger charge is 2.25. The minimum absolute atomic E-state index is 0.0218. The van der Waals surface area contributed by atoms with Gasteiger partial charge in [0, 0.05) is 6.04 Å². The number of hydrogen-bond acceptors (Lipinski definition) is 3. The lowest BCUT2D eigenvalue weighted by Crippen LogP contribution is -2.38. The number of carbonyl (C=O) groups excluding carboxylic acids is 1. The maximum absolute atomic E-state index is 12.2. The van der Waals surface area contributed by atoms with Gasteiger partial charge in [-0.25, -0.2) is 0 Å². The summed E-state index contributed by atoms with van der Waals surface area (Å²) in [6.45, 7) is 0. The van der Waals surface area contributed by atoms with Crippen LogP contribution in [0, 0.1) is 5.92 Å². The fourth-order valence-corrected chi connectivity index (χ4v) is 3.15. The number of phenolic OH excluding ortho intramolecular Hbond substituents is 1. The number of hydrogen-bond donors (Lipinski definition) is 2. The molecule has 7 heteroatoms. The van der Waals surface area contributed by atoms with Crippen LogP contribution in [0.4, 0.5) is 13.2 Å². The first kappa shape index (κ1) is 20.1. The van der Waals surface area contributed by atoms with Gasteiger partial charge in [-0.1, -0.05) is 18.2 Å². The molecular formula is C19H24F3NO3. The average Bonchev–Trinajstić information content (AvgIpc) is 2.57. The summed E-state index contributed by atoms with van der Waals surface area (Å²) in [5.41, 5.74) is 0.737. The van der Waals surface area contributed by atoms with Crippen LogP contribution >= 0.6 is 0 Å². The fraction of sp³-hybridized carbons (Fsp3) is 0.526. The van der Waals surface area contributed by atoms with Crippen LogP contribution in [-0.2, 0) is 11.2 Å². The minimum atomic E-state index is -4.15. The SMILES string of the molecule is COc1cc(CC(=O)NC2CCC(/C=C/CC(F)(F)F)CC2)ccc1O. The van der Waals surface area contributed by atoms with E-state index in [1.54, 1.807) is 18.2 Å². The molecule has 4 nitrogen and oxygen atoms in total. The van der Waals surface area contributed by atoms with Crippen LogP contribution in [0.2, 0.25) is 0 Å². The van der Waals surface area contributed by atoms with Crippen LogP contribution in [0.5, 0.6) is 11.5 Å². The summed E-state index contributed by atoms with van der Waals surface area (Å²) in [4.78, 5) is 12.2. The van der Waals surface area contributed by atoms with Crippen molar-refractivity contribution in [1.82, 2.24) is 5.32 Å². The zero-order valence-electron chi connectivity index (χ0n) is 14.7. The van der Waals surface area contributed by atoms with Crippen molar-refractivity contribution in [3.8, 4) is 11.5 Å². The molecule has 0 radical (unpaired) electrons. The zero-order chi connectivity index (χ0) is 19.2. The molecule has 0 spiro atoms. The molecule has 0 saturated heterocycles. The molecule has 1 aliphatic rings. The fourth-order valence-electron chi connectivity index (χ4n) is 3.15. The molecule has 144 valence electrons. The van der Waals surface area contributed by atoms with Gasteiger partial charge in [-0.15, -0.1) is 0 Å². The molecule has 2 rings (SSSR count). The molecule has 1 saturated carbocycles. The Hall–Kier alpha value is -2.18. The van der Waals surface area contributed by atoms with Crippen LogP contribution in [-0.4, -0.2) is 30.3 Å². The molecule has 1 amide bonds. The first-order valence-corrected chi connectivity index (χ1v) is 8.65. The Labute approximate surface area is 151 Å². The third-order valence-electron chi connectivity index (χ3n) is 4.50. The largest absolute Gasteiger partial charge is 0.504 e. The number of aromatic hydroxyl groups is 1. The number of allylic oxidation sites excluding steroid dienone is 2. The van der Waals surface area contributed by atoms with Crippen molar-refractivity contribution in [1.29, 1.82) is 0 Å². The third-order valence-corrected chi connectivity index (χ3v) is 4.50. The van der Waals surface area contributed by atoms with E-state index >= 15 is 0 Å². The van der Waals surface area contributed by atoms with Crippen molar-refractivity contribution >= 4 is 5.91 Å². The van der Waals surface area contributed by atoms with E-state index in [0.29, 0.717) is 5.75 Å². The average molecular weight is 371 g/mol. The topological polar surface area (TPSA) is 58.6 Å². The van der Waals surface area contributed by atoms with Crippen molar-refractivity contribution < 1.29 is 27.8 Å². The number of rotatable bonds is 6. The van der Waals surface area contributed by atoms with E-state index in [0.717, 1.165) is 31.2 Å². The van der Waals surface area contributed by atoms with E-state index in [1.807, 2.05) is 0 Å². The Bertz CT molecular complexity index is 635. The number of alkyl halides is 3. The maximum Gasteiger partial charge on any atom is 0.392 e. The first-order valence-electron chi connectivity index (χ1n) is 8.65. The summed E-state index contributed by atoms with van der Waals surface area (Å²) in [7, 11) is 1.44. The van der Waals surface area contributed by atoms with Gasteiger partial charge in [-0.05, 0) is 49.3 Å². The van der Waals surface area contributed by atoms with Gasteiger partial charge in [-0.3, -0.25) is 4.79 Å². The number of phenols is 1. The van der Waals surface area contributed by atoms with Crippen LogP contribution in [0.25, 0.3) is 0 Å². The normalized spacial score (nSPS) is 20.9. The molecule has 1 aromatic rings. The number of benzene rings is 1. The predicted octanol–water partition coefficient (Wildman–Crippen LogP) is 4.13. The summed E-state index contributed by atoms with van der Waals surface area (Å²) >= 11 is 0. The second-order valence-electron chi connectivity index (χ2n) is 6.61. The summed E-state index contributed by atoms with van der Waals surface area (Å²) in [6.07, 6.45) is 1.03. The molecular weight excluding hydrogens is 347 g/mol. The highest BCUT2D eigenvalue weighted by Crippen LogP contribution is 2.28. The van der Waals surface area contributed by atoms with Gasteiger partial charge in [-0.2, -0.15) is 13.2 Å². The van der Waals surface area contributed by atoms with Gasteiger partial charge in [0.2, 0.25) is 5.91 Å². The predicted molar refractivity (Wildman–Crippen MR) is 92.1 cm³/mol. The van der Waals surface area contributed by atoms with Crippen molar-refractivity contribution in [2.24, 2.45) is 5.92 Å². The van der Waals surface area contributed by atoms with Gasteiger partial charge in [0.05, 0.1) is 20.0 Å². The highest BCUT2D eigenvalue weighted by molar-refractivity contribution is 5.79. The summed E-state index contributed by atoms with van der Waals surface area (Å²) < 4.78 is 41.5. The minimum Gasteiger partial charge on any atom is -0.504 e. The van der Waals surface area contributed by atoms with Crippen molar-refractivity contribution in [2.75, 3.05) is 7.11 Å². The Morgan fingerprint density at radius 3 is 2.62 bits per heavy atom. The highest BCUT2D eigenvalue weighted by atomic mass is 19.4. The number of ether oxygens (including phenoxy) is 1. The Morgan fingerprint density at radius 1 is 1.31 bits per heavy atom. The van der Waals surface area contributed by atoms with E-state index < -0.39 is 12.6 Å². The lowest BCUT2D eigenvalue weighted by molar-refractivity contribution is -0.125. The quantitative estimate of drug-likeness (QED) is 0.740. The first-order chi connectivity index (χ1) is 12.3. The number of methoxy groups -OCH3 is 1. The number of nitrogens with one attached hydrogen (secondary N) is 1. The molecule has 26 heavy (non-hydrogen) atoms. The summed E-state index contributed by atoms with van der Waals surface area (Å²) in [6, 6.07) is 4.82. The zero-order valence-corrected chi connectivity index (χ0v) is 14.7. The Kier molecular flexibility index (Phi) is 6.94. The van der Waals surface area contributed by atoms with Gasteiger partial charge < -0.3 is 15.2 Å². The standard InChI is InChI=1S/C19H24F3NO3/c1-26-17-11-14(6-9-16(17)24)12-18(25)23-15-7-4-13(5-8-15)3-2-10-19(20,21)22/h2-3,6,9,11,13,15,24H,4-5,7-8,10,12H2,1H3,(H,23,25)/b3-2+. The van der Waals surface area contributed by atoms with Crippen molar-refractivity contribution in [3.63, 3.8) is 0 Å². The van der Waals surface area contributed by atoms with Gasteiger partial charge >= 0.3 is 6.18 Å². The van der Waals surface area contributed by atoms with Gasteiger partial charge in [0.1, 0.15) is 0 Å². The summed E-state index contributed by atoms with van der Waals surface area (Å²) in [5.74, 6) is 0.371. The molecule has 0 heterocycles. The van der Waals surface area contributed by atoms with E-state index in [9.17, 15) is 23.1 Å². The Morgan fingerprint density at radius 2 is 2.00 bits per heavy atom. The Balaban J connectivity index is 1.76. The monoisotopic (exact) mass is 371 g/mol. The van der Waals surface area contributed by atoms with Crippen molar-refractivity contribution in [2.45, 2.75) is 50.7 Å². The van der Waals surface area contributed by atoms with Gasteiger partial charge in [0.25, 0.3) is 0 Å². The van der Waals surface area contributed by atoms with Crippen LogP contribution in [0.1, 0.15) is 37.7 Å². The number of halogens is 3.